The van der Waals surface area contributed by atoms with Crippen molar-refractivity contribution in [2.24, 2.45) is 0 Å². The summed E-state index contributed by atoms with van der Waals surface area (Å²) in [7, 11) is 0. The lowest BCUT2D eigenvalue weighted by atomic mass is 9.70. The van der Waals surface area contributed by atoms with Gasteiger partial charge in [0.25, 0.3) is 0 Å². The minimum Gasteiger partial charge on any atom is -0.456 e. The van der Waals surface area contributed by atoms with Crippen molar-refractivity contribution < 1.29 is 4.42 Å². The Hall–Kier alpha value is -8.20. The fraction of sp³-hybridized carbons (Fsp3) is 0.0164. The molecule has 2 aliphatic carbocycles. The normalized spacial score (nSPS) is 13.2. The fourth-order valence-electron chi connectivity index (χ4n) is 11.6. The molecule has 0 aliphatic heterocycles. The van der Waals surface area contributed by atoms with Crippen LogP contribution in [0.3, 0.4) is 0 Å². The van der Waals surface area contributed by atoms with Crippen molar-refractivity contribution >= 4 is 71.3 Å². The van der Waals surface area contributed by atoms with Gasteiger partial charge in [0, 0.05) is 27.6 Å². The van der Waals surface area contributed by atoms with Gasteiger partial charge in [-0.15, -0.1) is 0 Å². The molecule has 292 valence electrons. The summed E-state index contributed by atoms with van der Waals surface area (Å²) in [6.07, 6.45) is 0. The Morgan fingerprint density at radius 2 is 0.778 bits per heavy atom. The van der Waals surface area contributed by atoms with Crippen LogP contribution >= 0.6 is 0 Å². The molecule has 0 N–H and O–H groups in total. The molecule has 0 fully saturated rings. The van der Waals surface area contributed by atoms with Crippen LogP contribution in [0.15, 0.2) is 229 Å². The van der Waals surface area contributed by atoms with E-state index in [0.29, 0.717) is 0 Å². The fourth-order valence-corrected chi connectivity index (χ4v) is 11.6. The standard InChI is InChI=1S/C61H37NO/c1-2-19-43-41(17-1)42-18-3-4-20-44(42)51-37-39(33-35-45(43)51)62(56-29-13-8-16-40(56)38-32-34-49-48-23-9-14-31-58(48)63-59(49)36-38)57-30-15-28-55-60(57)50-24-7-12-27-54(50)61(55)52-25-10-5-21-46(52)47-22-6-11-26-53(47)61/h1-37H. The van der Waals surface area contributed by atoms with Crippen LogP contribution in [-0.2, 0) is 5.41 Å². The minimum atomic E-state index is -0.467. The highest BCUT2D eigenvalue weighted by atomic mass is 16.3. The zero-order chi connectivity index (χ0) is 41.2. The van der Waals surface area contributed by atoms with E-state index < -0.39 is 5.41 Å². The van der Waals surface area contributed by atoms with Crippen molar-refractivity contribution in [1.82, 2.24) is 0 Å². The van der Waals surface area contributed by atoms with Crippen LogP contribution in [0.1, 0.15) is 22.3 Å². The van der Waals surface area contributed by atoms with Crippen molar-refractivity contribution in [3.05, 3.63) is 247 Å². The maximum Gasteiger partial charge on any atom is 0.136 e. The van der Waals surface area contributed by atoms with Crippen molar-refractivity contribution in [3.63, 3.8) is 0 Å². The first-order chi connectivity index (χ1) is 31.3. The predicted molar refractivity (Wildman–Crippen MR) is 263 cm³/mol. The Kier molecular flexibility index (Phi) is 7.07. The summed E-state index contributed by atoms with van der Waals surface area (Å²) in [6.45, 7) is 0. The third-order valence-electron chi connectivity index (χ3n) is 14.1. The van der Waals surface area contributed by atoms with Crippen LogP contribution in [0, 0.1) is 0 Å². The number of benzene rings is 11. The van der Waals surface area contributed by atoms with Crippen molar-refractivity contribution in [2.75, 3.05) is 4.90 Å². The Labute approximate surface area is 364 Å². The van der Waals surface area contributed by atoms with Crippen LogP contribution in [-0.4, -0.2) is 0 Å². The molecule has 0 unspecified atom stereocenters. The summed E-state index contributed by atoms with van der Waals surface area (Å²) in [4.78, 5) is 2.53. The number of anilines is 3. The van der Waals surface area contributed by atoms with Crippen molar-refractivity contribution in [2.45, 2.75) is 5.41 Å². The van der Waals surface area contributed by atoms with Gasteiger partial charge in [-0.05, 0) is 119 Å². The zero-order valence-electron chi connectivity index (χ0n) is 34.2. The average molecular weight is 800 g/mol. The van der Waals surface area contributed by atoms with E-state index in [4.69, 9.17) is 4.42 Å². The van der Waals surface area contributed by atoms with Crippen LogP contribution in [0.25, 0.3) is 87.6 Å². The molecule has 0 amide bonds. The van der Waals surface area contributed by atoms with Crippen molar-refractivity contribution in [1.29, 1.82) is 0 Å². The molecule has 63 heavy (non-hydrogen) atoms. The zero-order valence-corrected chi connectivity index (χ0v) is 34.2. The second kappa shape index (κ2) is 12.9. The number of hydrogen-bond acceptors (Lipinski definition) is 2. The summed E-state index contributed by atoms with van der Waals surface area (Å²) in [6, 6.07) is 83.0. The van der Waals surface area contributed by atoms with Gasteiger partial charge in [0.2, 0.25) is 0 Å². The van der Waals surface area contributed by atoms with Crippen LogP contribution in [0.4, 0.5) is 17.1 Å². The predicted octanol–water partition coefficient (Wildman–Crippen LogP) is 16.5. The smallest absolute Gasteiger partial charge is 0.136 e. The highest BCUT2D eigenvalue weighted by Gasteiger charge is 2.52. The van der Waals surface area contributed by atoms with E-state index in [0.717, 1.165) is 50.1 Å². The molecular weight excluding hydrogens is 763 g/mol. The molecule has 0 bridgehead atoms. The highest BCUT2D eigenvalue weighted by molar-refractivity contribution is 6.26. The molecule has 0 atom stereocenters. The van der Waals surface area contributed by atoms with Gasteiger partial charge in [-0.2, -0.15) is 0 Å². The van der Waals surface area contributed by atoms with Crippen LogP contribution in [0.2, 0.25) is 0 Å². The van der Waals surface area contributed by atoms with Gasteiger partial charge in [-0.3, -0.25) is 0 Å². The van der Waals surface area contributed by atoms with Gasteiger partial charge < -0.3 is 9.32 Å². The lowest BCUT2D eigenvalue weighted by molar-refractivity contribution is 0.669. The first-order valence-corrected chi connectivity index (χ1v) is 21.8. The summed E-state index contributed by atoms with van der Waals surface area (Å²) >= 11 is 0. The molecule has 1 aromatic heterocycles. The van der Waals surface area contributed by atoms with Gasteiger partial charge in [0.05, 0.1) is 16.8 Å². The van der Waals surface area contributed by atoms with E-state index in [9.17, 15) is 0 Å². The van der Waals surface area contributed by atoms with Gasteiger partial charge in [-0.1, -0.05) is 182 Å². The molecule has 0 saturated heterocycles. The van der Waals surface area contributed by atoms with E-state index in [2.05, 4.69) is 223 Å². The average Bonchev–Trinajstić information content (AvgIpc) is 3.98. The summed E-state index contributed by atoms with van der Waals surface area (Å²) in [5.74, 6) is 0. The maximum absolute atomic E-state index is 6.51. The molecule has 1 spiro atoms. The van der Waals surface area contributed by atoms with E-state index in [1.807, 2.05) is 6.07 Å². The number of fused-ring (bicyclic) bond motifs is 19. The quantitative estimate of drug-likeness (QED) is 0.165. The molecule has 2 nitrogen and oxygen atoms in total. The molecule has 14 rings (SSSR count). The van der Waals surface area contributed by atoms with Gasteiger partial charge in [-0.25, -0.2) is 0 Å². The molecule has 12 aromatic rings. The Bertz CT molecular complexity index is 3810. The van der Waals surface area contributed by atoms with Crippen LogP contribution in [0.5, 0.6) is 0 Å². The lowest BCUT2D eigenvalue weighted by Crippen LogP contribution is -2.26. The van der Waals surface area contributed by atoms with E-state index in [1.54, 1.807) is 0 Å². The Morgan fingerprint density at radius 1 is 0.302 bits per heavy atom. The number of rotatable bonds is 4. The van der Waals surface area contributed by atoms with E-state index in [-0.39, 0.29) is 0 Å². The number of hydrogen-bond donors (Lipinski definition) is 0. The first kappa shape index (κ1) is 34.5. The van der Waals surface area contributed by atoms with Crippen molar-refractivity contribution in [3.8, 4) is 33.4 Å². The van der Waals surface area contributed by atoms with Crippen LogP contribution < -0.4 is 4.90 Å². The summed E-state index contributed by atoms with van der Waals surface area (Å²) in [5.41, 5.74) is 17.3. The molecule has 2 aliphatic rings. The minimum absolute atomic E-state index is 0.467. The molecular formula is C61H37NO. The van der Waals surface area contributed by atoms with Gasteiger partial charge in [0.15, 0.2) is 0 Å². The second-order valence-electron chi connectivity index (χ2n) is 17.1. The summed E-state index contributed by atoms with van der Waals surface area (Å²) in [5, 5.41) is 9.78. The summed E-state index contributed by atoms with van der Waals surface area (Å²) < 4.78 is 6.51. The third kappa shape index (κ3) is 4.62. The highest BCUT2D eigenvalue weighted by Crippen LogP contribution is 2.65. The first-order valence-electron chi connectivity index (χ1n) is 21.8. The lowest BCUT2D eigenvalue weighted by Gasteiger charge is -2.32. The Morgan fingerprint density at radius 3 is 1.48 bits per heavy atom. The monoisotopic (exact) mass is 799 g/mol. The van der Waals surface area contributed by atoms with Gasteiger partial charge in [0.1, 0.15) is 11.2 Å². The SMILES string of the molecule is c1ccc(N(c2ccc3c4ccccc4c4ccccc4c3c2)c2cccc3c2-c2ccccc2C32c3ccccc3-c3ccccc32)c(-c2ccc3c(c2)oc2ccccc23)c1. The topological polar surface area (TPSA) is 16.4 Å². The molecule has 0 radical (unpaired) electrons. The second-order valence-corrected chi connectivity index (χ2v) is 17.1. The van der Waals surface area contributed by atoms with E-state index >= 15 is 0 Å². The third-order valence-corrected chi connectivity index (χ3v) is 14.1. The number of furan rings is 1. The molecule has 11 aromatic carbocycles. The molecule has 0 saturated carbocycles. The van der Waals surface area contributed by atoms with Gasteiger partial charge >= 0.3 is 0 Å². The van der Waals surface area contributed by atoms with E-state index in [1.165, 1.54) is 76.8 Å². The largest absolute Gasteiger partial charge is 0.456 e. The Balaban J connectivity index is 1.09. The number of para-hydroxylation sites is 2. The molecule has 2 heteroatoms. The molecule has 1 heterocycles. The maximum atomic E-state index is 6.51. The number of nitrogens with zero attached hydrogens (tertiary/aromatic N) is 1.